The molecule has 0 atom stereocenters. The number of pyridine rings is 1. The molecule has 1 aliphatic rings. The number of aliphatic hydroxyl groups is 1. The largest absolute Gasteiger partial charge is 0.396 e. The summed E-state index contributed by atoms with van der Waals surface area (Å²) in [4.78, 5) is 4.25. The Morgan fingerprint density at radius 2 is 2.10 bits per heavy atom. The summed E-state index contributed by atoms with van der Waals surface area (Å²) in [5.74, 6) is 0. The van der Waals surface area contributed by atoms with Gasteiger partial charge in [-0.3, -0.25) is 4.98 Å². The number of nitrogens with one attached hydrogen (secondary N) is 1. The zero-order valence-electron chi connectivity index (χ0n) is 10.9. The highest BCUT2D eigenvalue weighted by Gasteiger charge is 2.42. The van der Waals surface area contributed by atoms with Crippen molar-refractivity contribution >= 4 is 20.8 Å². The van der Waals surface area contributed by atoms with Crippen LogP contribution in [-0.4, -0.2) is 31.7 Å². The SMILES string of the molecule is O=S(=O)(NCC1(CO)CC1)c1cccc2cnccc12. The Kier molecular flexibility index (Phi) is 3.24. The van der Waals surface area contributed by atoms with Gasteiger partial charge in [0.15, 0.2) is 0 Å². The molecule has 1 saturated carbocycles. The number of nitrogens with zero attached hydrogens (tertiary/aromatic N) is 1. The number of sulfonamides is 1. The fourth-order valence-corrected chi connectivity index (χ4v) is 3.61. The standard InChI is InChI=1S/C14H16N2O3S/c17-10-14(5-6-14)9-16-20(18,19)13-3-1-2-11-8-15-7-4-12(11)13/h1-4,7-8,16-17H,5-6,9-10H2. The average molecular weight is 292 g/mol. The number of fused-ring (bicyclic) bond motifs is 1. The van der Waals surface area contributed by atoms with Gasteiger partial charge in [0.05, 0.1) is 4.90 Å². The van der Waals surface area contributed by atoms with Crippen LogP contribution >= 0.6 is 0 Å². The smallest absolute Gasteiger partial charge is 0.241 e. The van der Waals surface area contributed by atoms with Gasteiger partial charge < -0.3 is 5.11 Å². The van der Waals surface area contributed by atoms with Crippen molar-refractivity contribution in [2.75, 3.05) is 13.2 Å². The molecule has 2 N–H and O–H groups in total. The third-order valence-electron chi connectivity index (χ3n) is 3.86. The van der Waals surface area contributed by atoms with Gasteiger partial charge >= 0.3 is 0 Å². The lowest BCUT2D eigenvalue weighted by atomic mass is 10.1. The van der Waals surface area contributed by atoms with Crippen LogP contribution in [0.1, 0.15) is 12.8 Å². The van der Waals surface area contributed by atoms with E-state index in [1.165, 1.54) is 0 Å². The van der Waals surface area contributed by atoms with Crippen LogP contribution < -0.4 is 4.72 Å². The predicted molar refractivity (Wildman–Crippen MR) is 75.7 cm³/mol. The molecule has 0 saturated heterocycles. The number of aliphatic hydroxyl groups excluding tert-OH is 1. The number of rotatable bonds is 5. The van der Waals surface area contributed by atoms with E-state index in [2.05, 4.69) is 9.71 Å². The molecule has 1 heterocycles. The lowest BCUT2D eigenvalue weighted by molar-refractivity contribution is 0.213. The first kappa shape index (κ1) is 13.5. The minimum Gasteiger partial charge on any atom is -0.396 e. The third-order valence-corrected chi connectivity index (χ3v) is 5.32. The molecular weight excluding hydrogens is 276 g/mol. The Bertz CT molecular complexity index is 734. The predicted octanol–water partition coefficient (Wildman–Crippen LogP) is 1.29. The van der Waals surface area contributed by atoms with Crippen LogP contribution in [0.15, 0.2) is 41.6 Å². The molecule has 3 rings (SSSR count). The van der Waals surface area contributed by atoms with Crippen LogP contribution in [0.3, 0.4) is 0 Å². The van der Waals surface area contributed by atoms with E-state index in [1.807, 2.05) is 6.07 Å². The second-order valence-electron chi connectivity index (χ2n) is 5.34. The highest BCUT2D eigenvalue weighted by atomic mass is 32.2. The molecule has 0 bridgehead atoms. The van der Waals surface area contributed by atoms with Crippen LogP contribution in [0.2, 0.25) is 0 Å². The van der Waals surface area contributed by atoms with Crippen molar-refractivity contribution in [2.24, 2.45) is 5.41 Å². The quantitative estimate of drug-likeness (QED) is 0.870. The summed E-state index contributed by atoms with van der Waals surface area (Å²) in [6.07, 6.45) is 4.96. The third kappa shape index (κ3) is 2.42. The zero-order valence-corrected chi connectivity index (χ0v) is 11.7. The van der Waals surface area contributed by atoms with Gasteiger partial charge in [0.25, 0.3) is 0 Å². The Hall–Kier alpha value is -1.50. The van der Waals surface area contributed by atoms with Gasteiger partial charge in [-0.25, -0.2) is 13.1 Å². The van der Waals surface area contributed by atoms with Gasteiger partial charge in [-0.15, -0.1) is 0 Å². The van der Waals surface area contributed by atoms with E-state index in [0.29, 0.717) is 5.39 Å². The first-order chi connectivity index (χ1) is 9.56. The maximum Gasteiger partial charge on any atom is 0.241 e. The fourth-order valence-electron chi connectivity index (χ4n) is 2.22. The van der Waals surface area contributed by atoms with Crippen molar-refractivity contribution in [3.05, 3.63) is 36.7 Å². The molecule has 1 aliphatic carbocycles. The van der Waals surface area contributed by atoms with Crippen molar-refractivity contribution in [3.63, 3.8) is 0 Å². The molecule has 2 aromatic rings. The summed E-state index contributed by atoms with van der Waals surface area (Å²) < 4.78 is 27.5. The maximum atomic E-state index is 12.4. The molecule has 5 nitrogen and oxygen atoms in total. The van der Waals surface area contributed by atoms with Gasteiger partial charge in [-0.05, 0) is 25.0 Å². The highest BCUT2D eigenvalue weighted by Crippen LogP contribution is 2.44. The first-order valence-electron chi connectivity index (χ1n) is 6.50. The summed E-state index contributed by atoms with van der Waals surface area (Å²) in [6.45, 7) is 0.308. The highest BCUT2D eigenvalue weighted by molar-refractivity contribution is 7.89. The van der Waals surface area contributed by atoms with E-state index in [0.717, 1.165) is 18.2 Å². The molecule has 1 fully saturated rings. The molecule has 1 aromatic heterocycles. The van der Waals surface area contributed by atoms with Crippen molar-refractivity contribution in [1.29, 1.82) is 0 Å². The molecular formula is C14H16N2O3S. The van der Waals surface area contributed by atoms with E-state index >= 15 is 0 Å². The van der Waals surface area contributed by atoms with Gasteiger partial charge in [0, 0.05) is 41.7 Å². The van der Waals surface area contributed by atoms with Crippen LogP contribution in [-0.2, 0) is 10.0 Å². The Morgan fingerprint density at radius 1 is 1.30 bits per heavy atom. The molecule has 1 aromatic carbocycles. The molecule has 20 heavy (non-hydrogen) atoms. The van der Waals surface area contributed by atoms with E-state index in [1.54, 1.807) is 30.6 Å². The Labute approximate surface area is 117 Å². The van der Waals surface area contributed by atoms with E-state index in [-0.39, 0.29) is 23.5 Å². The molecule has 0 aliphatic heterocycles. The Balaban J connectivity index is 1.93. The second-order valence-corrected chi connectivity index (χ2v) is 7.07. The first-order valence-corrected chi connectivity index (χ1v) is 7.98. The van der Waals surface area contributed by atoms with E-state index < -0.39 is 10.0 Å². The molecule has 6 heteroatoms. The van der Waals surface area contributed by atoms with Crippen molar-refractivity contribution < 1.29 is 13.5 Å². The summed E-state index contributed by atoms with van der Waals surface area (Å²) in [6, 6.07) is 6.82. The lowest BCUT2D eigenvalue weighted by Crippen LogP contribution is -2.32. The number of hydrogen-bond acceptors (Lipinski definition) is 4. The molecule has 0 unspecified atom stereocenters. The molecule has 106 valence electrons. The van der Waals surface area contributed by atoms with Crippen molar-refractivity contribution in [2.45, 2.75) is 17.7 Å². The molecule has 0 amide bonds. The second kappa shape index (κ2) is 4.80. The van der Waals surface area contributed by atoms with Gasteiger partial charge in [0.2, 0.25) is 10.0 Å². The Morgan fingerprint density at radius 3 is 2.80 bits per heavy atom. The lowest BCUT2D eigenvalue weighted by Gasteiger charge is -2.14. The normalized spacial score (nSPS) is 17.2. The average Bonchev–Trinajstić information content (AvgIpc) is 3.25. The molecule has 0 spiro atoms. The number of hydrogen-bond donors (Lipinski definition) is 2. The molecule has 0 radical (unpaired) electrons. The van der Waals surface area contributed by atoms with Gasteiger partial charge in [-0.1, -0.05) is 12.1 Å². The van der Waals surface area contributed by atoms with Crippen molar-refractivity contribution in [3.8, 4) is 0 Å². The number of aromatic nitrogens is 1. The van der Waals surface area contributed by atoms with Crippen molar-refractivity contribution in [1.82, 2.24) is 9.71 Å². The van der Waals surface area contributed by atoms with Gasteiger partial charge in [-0.2, -0.15) is 0 Å². The minimum atomic E-state index is -3.58. The summed E-state index contributed by atoms with van der Waals surface area (Å²) >= 11 is 0. The van der Waals surface area contributed by atoms with E-state index in [9.17, 15) is 13.5 Å². The monoisotopic (exact) mass is 292 g/mol. The van der Waals surface area contributed by atoms with Gasteiger partial charge in [0.1, 0.15) is 0 Å². The van der Waals surface area contributed by atoms with Crippen LogP contribution in [0, 0.1) is 5.41 Å². The summed E-state index contributed by atoms with van der Waals surface area (Å²) in [5.41, 5.74) is -0.251. The van der Waals surface area contributed by atoms with Crippen LogP contribution in [0.5, 0.6) is 0 Å². The topological polar surface area (TPSA) is 79.3 Å². The van der Waals surface area contributed by atoms with E-state index in [4.69, 9.17) is 0 Å². The summed E-state index contributed by atoms with van der Waals surface area (Å²) in [7, 11) is -3.58. The van der Waals surface area contributed by atoms with Crippen LogP contribution in [0.25, 0.3) is 10.8 Å². The zero-order chi connectivity index (χ0) is 14.2. The summed E-state index contributed by atoms with van der Waals surface area (Å²) in [5, 5.41) is 10.7. The van der Waals surface area contributed by atoms with Crippen LogP contribution in [0.4, 0.5) is 0 Å². The minimum absolute atomic E-state index is 0.0228. The fraction of sp³-hybridized carbons (Fsp3) is 0.357. The number of benzene rings is 1. The maximum absolute atomic E-state index is 12.4.